The summed E-state index contributed by atoms with van der Waals surface area (Å²) in [5.41, 5.74) is 3.48. The molecule has 3 nitrogen and oxygen atoms in total. The molecule has 1 heterocycles. The summed E-state index contributed by atoms with van der Waals surface area (Å²) < 4.78 is 5.17. The molecule has 2 aromatic carbocycles. The molecule has 3 heteroatoms. The van der Waals surface area contributed by atoms with Gasteiger partial charge in [0.25, 0.3) is 0 Å². The van der Waals surface area contributed by atoms with Crippen LogP contribution in [0.15, 0.2) is 59.8 Å². The zero-order valence-corrected chi connectivity index (χ0v) is 12.2. The average molecular weight is 281 g/mol. The Balaban J connectivity index is 1.54. The summed E-state index contributed by atoms with van der Waals surface area (Å²) in [4.78, 5) is 5.55. The van der Waals surface area contributed by atoms with Gasteiger partial charge in [-0.15, -0.1) is 0 Å². The highest BCUT2D eigenvalue weighted by atomic mass is 16.6. The van der Waals surface area contributed by atoms with Crippen molar-refractivity contribution >= 4 is 5.71 Å². The lowest BCUT2D eigenvalue weighted by Gasteiger charge is -2.07. The lowest BCUT2D eigenvalue weighted by molar-refractivity contribution is 0.0794. The van der Waals surface area contributed by atoms with Gasteiger partial charge in [-0.3, -0.25) is 0 Å². The van der Waals surface area contributed by atoms with Gasteiger partial charge in [-0.1, -0.05) is 35.5 Å². The minimum absolute atomic E-state index is 0.183. The van der Waals surface area contributed by atoms with Crippen molar-refractivity contribution in [2.75, 3.05) is 7.11 Å². The summed E-state index contributed by atoms with van der Waals surface area (Å²) >= 11 is 0. The number of ether oxygens (including phenoxy) is 1. The van der Waals surface area contributed by atoms with E-state index in [-0.39, 0.29) is 6.10 Å². The van der Waals surface area contributed by atoms with Gasteiger partial charge in [-0.2, -0.15) is 0 Å². The Morgan fingerprint density at radius 3 is 2.57 bits per heavy atom. The number of hydrogen-bond acceptors (Lipinski definition) is 3. The Bertz CT molecular complexity index is 605. The van der Waals surface area contributed by atoms with Crippen LogP contribution in [0.4, 0.5) is 0 Å². The fraction of sp³-hybridized carbons (Fsp3) is 0.278. The van der Waals surface area contributed by atoms with Crippen LogP contribution >= 0.6 is 0 Å². The standard InChI is InChI=1S/C18H19NO2/c1-20-16-11-8-15(9-12-16)18-13-17(21-19-18)10-7-14-5-3-2-4-6-14/h2-6,8-9,11-12,17H,7,10,13H2,1H3. The minimum Gasteiger partial charge on any atom is -0.497 e. The highest BCUT2D eigenvalue weighted by Crippen LogP contribution is 2.22. The molecule has 0 fully saturated rings. The molecule has 1 atom stereocenters. The van der Waals surface area contributed by atoms with Gasteiger partial charge in [0.05, 0.1) is 12.8 Å². The average Bonchev–Trinajstić information content (AvgIpc) is 3.03. The van der Waals surface area contributed by atoms with E-state index >= 15 is 0 Å². The second-order valence-electron chi connectivity index (χ2n) is 5.22. The topological polar surface area (TPSA) is 30.8 Å². The van der Waals surface area contributed by atoms with Crippen molar-refractivity contribution < 1.29 is 9.57 Å². The van der Waals surface area contributed by atoms with E-state index in [0.717, 1.165) is 36.3 Å². The monoisotopic (exact) mass is 281 g/mol. The molecule has 0 amide bonds. The van der Waals surface area contributed by atoms with E-state index in [1.54, 1.807) is 7.11 Å². The van der Waals surface area contributed by atoms with Crippen LogP contribution in [0.3, 0.4) is 0 Å². The van der Waals surface area contributed by atoms with Gasteiger partial charge in [0.15, 0.2) is 0 Å². The van der Waals surface area contributed by atoms with Gasteiger partial charge in [0, 0.05) is 6.42 Å². The quantitative estimate of drug-likeness (QED) is 0.834. The van der Waals surface area contributed by atoms with E-state index in [0.29, 0.717) is 0 Å². The van der Waals surface area contributed by atoms with E-state index in [1.807, 2.05) is 30.3 Å². The number of aryl methyl sites for hydroxylation is 1. The Kier molecular flexibility index (Phi) is 4.20. The Hall–Kier alpha value is -2.29. The molecular formula is C18H19NO2. The summed E-state index contributed by atoms with van der Waals surface area (Å²) in [7, 11) is 1.67. The van der Waals surface area contributed by atoms with Crippen molar-refractivity contribution in [2.24, 2.45) is 5.16 Å². The molecule has 0 saturated carbocycles. The maximum Gasteiger partial charge on any atom is 0.133 e. The number of oxime groups is 1. The summed E-state index contributed by atoms with van der Waals surface area (Å²) in [6, 6.07) is 18.5. The Morgan fingerprint density at radius 1 is 1.10 bits per heavy atom. The van der Waals surface area contributed by atoms with E-state index in [1.165, 1.54) is 5.56 Å². The van der Waals surface area contributed by atoms with Crippen LogP contribution < -0.4 is 4.74 Å². The molecular weight excluding hydrogens is 262 g/mol. The van der Waals surface area contributed by atoms with Crippen LogP contribution in [0, 0.1) is 0 Å². The normalized spacial score (nSPS) is 17.2. The first-order valence-corrected chi connectivity index (χ1v) is 7.26. The number of nitrogens with zero attached hydrogens (tertiary/aromatic N) is 1. The first kappa shape index (κ1) is 13.7. The highest BCUT2D eigenvalue weighted by molar-refractivity contribution is 6.01. The van der Waals surface area contributed by atoms with Crippen molar-refractivity contribution in [3.63, 3.8) is 0 Å². The third-order valence-corrected chi connectivity index (χ3v) is 3.75. The number of rotatable bonds is 5. The first-order valence-electron chi connectivity index (χ1n) is 7.26. The first-order chi connectivity index (χ1) is 10.3. The number of hydrogen-bond donors (Lipinski definition) is 0. The second-order valence-corrected chi connectivity index (χ2v) is 5.22. The van der Waals surface area contributed by atoms with Crippen molar-refractivity contribution in [2.45, 2.75) is 25.4 Å². The highest BCUT2D eigenvalue weighted by Gasteiger charge is 2.21. The molecule has 0 bridgehead atoms. The molecule has 0 aromatic heterocycles. The van der Waals surface area contributed by atoms with Crippen LogP contribution in [0.1, 0.15) is 24.0 Å². The van der Waals surface area contributed by atoms with E-state index in [9.17, 15) is 0 Å². The van der Waals surface area contributed by atoms with Crippen LogP contribution in [-0.2, 0) is 11.3 Å². The maximum absolute atomic E-state index is 5.55. The van der Waals surface area contributed by atoms with E-state index < -0.39 is 0 Å². The lowest BCUT2D eigenvalue weighted by Crippen LogP contribution is -2.09. The molecule has 3 rings (SSSR count). The predicted molar refractivity (Wildman–Crippen MR) is 83.8 cm³/mol. The van der Waals surface area contributed by atoms with Gasteiger partial charge in [-0.25, -0.2) is 0 Å². The van der Waals surface area contributed by atoms with Crippen molar-refractivity contribution in [1.82, 2.24) is 0 Å². The Labute approximate surface area is 125 Å². The zero-order valence-electron chi connectivity index (χ0n) is 12.2. The van der Waals surface area contributed by atoms with Gasteiger partial charge < -0.3 is 9.57 Å². The van der Waals surface area contributed by atoms with Crippen molar-refractivity contribution in [3.05, 3.63) is 65.7 Å². The van der Waals surface area contributed by atoms with Gasteiger partial charge in [0.1, 0.15) is 11.9 Å². The largest absolute Gasteiger partial charge is 0.497 e. The summed E-state index contributed by atoms with van der Waals surface area (Å²) in [5.74, 6) is 0.860. The van der Waals surface area contributed by atoms with Crippen LogP contribution in [0.2, 0.25) is 0 Å². The third kappa shape index (κ3) is 3.43. The van der Waals surface area contributed by atoms with Gasteiger partial charge in [-0.05, 0) is 48.2 Å². The summed E-state index contributed by atoms with van der Waals surface area (Å²) in [5, 5.41) is 4.23. The molecule has 1 unspecified atom stereocenters. The van der Waals surface area contributed by atoms with Crippen molar-refractivity contribution in [1.29, 1.82) is 0 Å². The number of benzene rings is 2. The molecule has 0 aliphatic carbocycles. The zero-order chi connectivity index (χ0) is 14.5. The van der Waals surface area contributed by atoms with Gasteiger partial charge in [0.2, 0.25) is 0 Å². The second kappa shape index (κ2) is 6.44. The molecule has 1 aliphatic heterocycles. The molecule has 21 heavy (non-hydrogen) atoms. The molecule has 2 aromatic rings. The van der Waals surface area contributed by atoms with Crippen LogP contribution in [-0.4, -0.2) is 18.9 Å². The maximum atomic E-state index is 5.55. The summed E-state index contributed by atoms with van der Waals surface area (Å²) in [6.07, 6.45) is 3.07. The molecule has 0 spiro atoms. The van der Waals surface area contributed by atoms with E-state index in [2.05, 4.69) is 29.4 Å². The molecule has 0 N–H and O–H groups in total. The third-order valence-electron chi connectivity index (χ3n) is 3.75. The molecule has 0 radical (unpaired) electrons. The van der Waals surface area contributed by atoms with Crippen LogP contribution in [0.25, 0.3) is 0 Å². The summed E-state index contributed by atoms with van der Waals surface area (Å²) in [6.45, 7) is 0. The molecule has 108 valence electrons. The van der Waals surface area contributed by atoms with Gasteiger partial charge >= 0.3 is 0 Å². The molecule has 0 saturated heterocycles. The number of methoxy groups -OCH3 is 1. The smallest absolute Gasteiger partial charge is 0.133 e. The SMILES string of the molecule is COc1ccc(C2=NOC(CCc3ccccc3)C2)cc1. The van der Waals surface area contributed by atoms with Crippen LogP contribution in [0.5, 0.6) is 5.75 Å². The van der Waals surface area contributed by atoms with E-state index in [4.69, 9.17) is 9.57 Å². The Morgan fingerprint density at radius 2 is 1.86 bits per heavy atom. The predicted octanol–water partition coefficient (Wildman–Crippen LogP) is 3.82. The molecule has 1 aliphatic rings. The lowest BCUT2D eigenvalue weighted by atomic mass is 10.0. The fourth-order valence-corrected chi connectivity index (χ4v) is 2.51. The van der Waals surface area contributed by atoms with Crippen molar-refractivity contribution in [3.8, 4) is 5.75 Å². The fourth-order valence-electron chi connectivity index (χ4n) is 2.51. The minimum atomic E-state index is 0.183.